The van der Waals surface area contributed by atoms with E-state index in [0.717, 1.165) is 28.3 Å². The lowest BCUT2D eigenvalue weighted by molar-refractivity contribution is 0.404. The highest BCUT2D eigenvalue weighted by atomic mass is 16.5. The van der Waals surface area contributed by atoms with E-state index in [-0.39, 0.29) is 0 Å². The summed E-state index contributed by atoms with van der Waals surface area (Å²) < 4.78 is 10.6. The van der Waals surface area contributed by atoms with Gasteiger partial charge in [-0.15, -0.1) is 0 Å². The van der Waals surface area contributed by atoms with Gasteiger partial charge in [0, 0.05) is 11.8 Å². The van der Waals surface area contributed by atoms with Gasteiger partial charge >= 0.3 is 0 Å². The molecule has 0 amide bonds. The second kappa shape index (κ2) is 5.40. The van der Waals surface area contributed by atoms with E-state index >= 15 is 0 Å². The molecule has 0 atom stereocenters. The van der Waals surface area contributed by atoms with Crippen molar-refractivity contribution in [1.82, 2.24) is 4.98 Å². The van der Waals surface area contributed by atoms with Crippen LogP contribution in [0, 0.1) is 18.3 Å². The van der Waals surface area contributed by atoms with Crippen molar-refractivity contribution in [1.29, 1.82) is 5.26 Å². The first-order valence-corrected chi connectivity index (χ1v) is 5.78. The number of pyridine rings is 1. The highest BCUT2D eigenvalue weighted by Gasteiger charge is 2.12. The second-order valence-electron chi connectivity index (χ2n) is 4.07. The van der Waals surface area contributed by atoms with Gasteiger partial charge in [-0.1, -0.05) is 0 Å². The zero-order chi connectivity index (χ0) is 13.8. The Morgan fingerprint density at radius 3 is 2.53 bits per heavy atom. The third-order valence-corrected chi connectivity index (χ3v) is 2.87. The maximum Gasteiger partial charge on any atom is 0.128 e. The third-order valence-electron chi connectivity index (χ3n) is 2.87. The van der Waals surface area contributed by atoms with Crippen LogP contribution >= 0.6 is 0 Å². The molecule has 2 aromatic rings. The van der Waals surface area contributed by atoms with Crippen LogP contribution in [0.2, 0.25) is 0 Å². The van der Waals surface area contributed by atoms with Crippen molar-refractivity contribution in [3.05, 3.63) is 41.6 Å². The lowest BCUT2D eigenvalue weighted by Gasteiger charge is -2.11. The monoisotopic (exact) mass is 254 g/mol. The van der Waals surface area contributed by atoms with Gasteiger partial charge in [0.2, 0.25) is 0 Å². The van der Waals surface area contributed by atoms with Gasteiger partial charge in [-0.25, -0.2) is 0 Å². The van der Waals surface area contributed by atoms with Crippen LogP contribution in [0.15, 0.2) is 30.5 Å². The first-order chi connectivity index (χ1) is 9.19. The molecular weight excluding hydrogens is 240 g/mol. The maximum atomic E-state index is 8.87. The fraction of sp³-hybridized carbons (Fsp3) is 0.200. The van der Waals surface area contributed by atoms with Gasteiger partial charge in [0.15, 0.2) is 0 Å². The second-order valence-corrected chi connectivity index (χ2v) is 4.07. The number of hydrogen-bond donors (Lipinski definition) is 0. The molecule has 0 bridgehead atoms. The molecule has 1 heterocycles. The van der Waals surface area contributed by atoms with Gasteiger partial charge in [0.05, 0.1) is 25.5 Å². The number of nitrogens with zero attached hydrogens (tertiary/aromatic N) is 2. The molecule has 0 saturated carbocycles. The number of hydrogen-bond acceptors (Lipinski definition) is 4. The van der Waals surface area contributed by atoms with Crippen LogP contribution in [-0.4, -0.2) is 19.2 Å². The molecule has 0 aliphatic rings. The highest BCUT2D eigenvalue weighted by Crippen LogP contribution is 2.33. The minimum atomic E-state index is 0.545. The van der Waals surface area contributed by atoms with Crippen molar-refractivity contribution in [2.24, 2.45) is 0 Å². The van der Waals surface area contributed by atoms with Crippen LogP contribution in [0.5, 0.6) is 11.5 Å². The Balaban J connectivity index is 2.60. The molecule has 19 heavy (non-hydrogen) atoms. The highest BCUT2D eigenvalue weighted by molar-refractivity contribution is 5.71. The zero-order valence-corrected chi connectivity index (χ0v) is 11.1. The van der Waals surface area contributed by atoms with E-state index in [1.54, 1.807) is 26.5 Å². The van der Waals surface area contributed by atoms with Gasteiger partial charge < -0.3 is 9.47 Å². The van der Waals surface area contributed by atoms with Crippen molar-refractivity contribution in [2.75, 3.05) is 14.2 Å². The quantitative estimate of drug-likeness (QED) is 0.845. The van der Waals surface area contributed by atoms with Crippen molar-refractivity contribution in [3.8, 4) is 28.8 Å². The molecule has 0 saturated heterocycles. The molecule has 96 valence electrons. The Kier molecular flexibility index (Phi) is 3.67. The number of rotatable bonds is 3. The van der Waals surface area contributed by atoms with Crippen LogP contribution in [-0.2, 0) is 0 Å². The predicted octanol–water partition coefficient (Wildman–Crippen LogP) is 2.95. The SMILES string of the molecule is COc1ccc(OC)c(-c2ncc(C#N)cc2C)c1. The van der Waals surface area contributed by atoms with Gasteiger partial charge in [-0.05, 0) is 36.8 Å². The Morgan fingerprint density at radius 1 is 1.16 bits per heavy atom. The van der Waals surface area contributed by atoms with E-state index in [9.17, 15) is 0 Å². The van der Waals surface area contributed by atoms with Crippen molar-refractivity contribution in [3.63, 3.8) is 0 Å². The summed E-state index contributed by atoms with van der Waals surface area (Å²) in [5, 5.41) is 8.87. The Bertz CT molecular complexity index is 645. The molecule has 0 N–H and O–H groups in total. The maximum absolute atomic E-state index is 8.87. The summed E-state index contributed by atoms with van der Waals surface area (Å²) in [6, 6.07) is 9.44. The lowest BCUT2D eigenvalue weighted by atomic mass is 10.0. The zero-order valence-electron chi connectivity index (χ0n) is 11.1. The summed E-state index contributed by atoms with van der Waals surface area (Å²) in [5.41, 5.74) is 3.10. The fourth-order valence-electron chi connectivity index (χ4n) is 1.92. The Morgan fingerprint density at radius 2 is 1.95 bits per heavy atom. The minimum Gasteiger partial charge on any atom is -0.497 e. The van der Waals surface area contributed by atoms with Crippen LogP contribution in [0.3, 0.4) is 0 Å². The van der Waals surface area contributed by atoms with Crippen LogP contribution in [0.25, 0.3) is 11.3 Å². The summed E-state index contributed by atoms with van der Waals surface area (Å²) in [5.74, 6) is 1.46. The normalized spacial score (nSPS) is 9.79. The molecule has 0 spiro atoms. The first-order valence-electron chi connectivity index (χ1n) is 5.78. The largest absolute Gasteiger partial charge is 0.497 e. The number of aromatic nitrogens is 1. The summed E-state index contributed by atoms with van der Waals surface area (Å²) >= 11 is 0. The van der Waals surface area contributed by atoms with Crippen molar-refractivity contribution >= 4 is 0 Å². The van der Waals surface area contributed by atoms with E-state index < -0.39 is 0 Å². The summed E-state index contributed by atoms with van der Waals surface area (Å²) in [7, 11) is 3.23. The number of methoxy groups -OCH3 is 2. The number of benzene rings is 1. The standard InChI is InChI=1S/C15H14N2O2/c1-10-6-11(8-16)9-17-15(10)13-7-12(18-2)4-5-14(13)19-3/h4-7,9H,1-3H3. The summed E-state index contributed by atoms with van der Waals surface area (Å²) in [6.07, 6.45) is 1.56. The van der Waals surface area contributed by atoms with Crippen LogP contribution in [0.1, 0.15) is 11.1 Å². The molecule has 0 aliphatic heterocycles. The van der Waals surface area contributed by atoms with E-state index in [4.69, 9.17) is 14.7 Å². The topological polar surface area (TPSA) is 55.1 Å². The first kappa shape index (κ1) is 12.9. The number of aryl methyl sites for hydroxylation is 1. The molecule has 0 radical (unpaired) electrons. The molecule has 1 aromatic heterocycles. The van der Waals surface area contributed by atoms with Crippen LogP contribution < -0.4 is 9.47 Å². The molecule has 0 unspecified atom stereocenters. The molecular formula is C15H14N2O2. The number of ether oxygens (including phenoxy) is 2. The third kappa shape index (κ3) is 2.50. The average molecular weight is 254 g/mol. The molecule has 4 nitrogen and oxygen atoms in total. The van der Waals surface area contributed by atoms with Gasteiger partial charge in [0.1, 0.15) is 17.6 Å². The number of nitriles is 1. The fourth-order valence-corrected chi connectivity index (χ4v) is 1.92. The summed E-state index contributed by atoms with van der Waals surface area (Å²) in [6.45, 7) is 1.92. The Hall–Kier alpha value is -2.54. The van der Waals surface area contributed by atoms with Crippen molar-refractivity contribution < 1.29 is 9.47 Å². The molecule has 1 aromatic carbocycles. The molecule has 2 rings (SSSR count). The van der Waals surface area contributed by atoms with Crippen molar-refractivity contribution in [2.45, 2.75) is 6.92 Å². The molecule has 4 heteroatoms. The minimum absolute atomic E-state index is 0.545. The lowest BCUT2D eigenvalue weighted by Crippen LogP contribution is -1.95. The van der Waals surface area contributed by atoms with Gasteiger partial charge in [0.25, 0.3) is 0 Å². The van der Waals surface area contributed by atoms with Gasteiger partial charge in [-0.3, -0.25) is 4.98 Å². The van der Waals surface area contributed by atoms with E-state index in [0.29, 0.717) is 5.56 Å². The Labute approximate surface area is 112 Å². The van der Waals surface area contributed by atoms with E-state index in [2.05, 4.69) is 11.1 Å². The average Bonchev–Trinajstić information content (AvgIpc) is 2.46. The van der Waals surface area contributed by atoms with E-state index in [1.165, 1.54) is 0 Å². The predicted molar refractivity (Wildman–Crippen MR) is 72.2 cm³/mol. The molecule has 0 aliphatic carbocycles. The summed E-state index contributed by atoms with van der Waals surface area (Å²) in [4.78, 5) is 4.35. The van der Waals surface area contributed by atoms with Gasteiger partial charge in [-0.2, -0.15) is 5.26 Å². The smallest absolute Gasteiger partial charge is 0.128 e. The van der Waals surface area contributed by atoms with Crippen LogP contribution in [0.4, 0.5) is 0 Å². The molecule has 0 fully saturated rings. The van der Waals surface area contributed by atoms with E-state index in [1.807, 2.05) is 25.1 Å².